The van der Waals surface area contributed by atoms with Crippen molar-refractivity contribution in [2.75, 3.05) is 7.11 Å². The Balaban J connectivity index is 2.13. The molecule has 0 aliphatic rings. The smallest absolute Gasteiger partial charge is 0.165 e. The summed E-state index contributed by atoms with van der Waals surface area (Å²) in [5.41, 5.74) is 3.12. The highest BCUT2D eigenvalue weighted by atomic mass is 35.5. The zero-order chi connectivity index (χ0) is 13.8. The van der Waals surface area contributed by atoms with Crippen LogP contribution in [0.25, 0.3) is 0 Å². The van der Waals surface area contributed by atoms with Crippen LogP contribution in [0.2, 0.25) is 0 Å². The van der Waals surface area contributed by atoms with Crippen molar-refractivity contribution >= 4 is 11.6 Å². The van der Waals surface area contributed by atoms with Crippen molar-refractivity contribution in [2.45, 2.75) is 18.7 Å². The fraction of sp³-hybridized carbons (Fsp3) is 0.250. The fourth-order valence-electron chi connectivity index (χ4n) is 1.93. The van der Waals surface area contributed by atoms with Gasteiger partial charge >= 0.3 is 0 Å². The molecule has 0 fully saturated rings. The molecule has 0 heterocycles. The van der Waals surface area contributed by atoms with Gasteiger partial charge in [0.05, 0.1) is 12.5 Å². The lowest BCUT2D eigenvalue weighted by atomic mass is 10.0. The summed E-state index contributed by atoms with van der Waals surface area (Å²) >= 11 is 6.34. The van der Waals surface area contributed by atoms with Gasteiger partial charge in [0.15, 0.2) is 11.6 Å². The van der Waals surface area contributed by atoms with Crippen LogP contribution >= 0.6 is 11.6 Å². The quantitative estimate of drug-likeness (QED) is 0.739. The summed E-state index contributed by atoms with van der Waals surface area (Å²) in [6.45, 7) is 2.04. The van der Waals surface area contributed by atoms with Crippen molar-refractivity contribution in [1.82, 2.24) is 0 Å². The van der Waals surface area contributed by atoms with Crippen LogP contribution in [-0.2, 0) is 6.42 Å². The minimum absolute atomic E-state index is 0.239. The van der Waals surface area contributed by atoms with Crippen molar-refractivity contribution in [3.63, 3.8) is 0 Å². The van der Waals surface area contributed by atoms with Crippen LogP contribution in [0, 0.1) is 12.7 Å². The van der Waals surface area contributed by atoms with E-state index in [1.807, 2.05) is 31.2 Å². The number of ether oxygens (including phenoxy) is 1. The first-order valence-corrected chi connectivity index (χ1v) is 6.57. The van der Waals surface area contributed by atoms with Gasteiger partial charge in [0.2, 0.25) is 0 Å². The van der Waals surface area contributed by atoms with Gasteiger partial charge in [0.1, 0.15) is 0 Å². The molecule has 0 bridgehead atoms. The number of alkyl halides is 1. The Morgan fingerprint density at radius 3 is 2.42 bits per heavy atom. The monoisotopic (exact) mass is 278 g/mol. The van der Waals surface area contributed by atoms with Crippen molar-refractivity contribution < 1.29 is 9.13 Å². The van der Waals surface area contributed by atoms with E-state index in [4.69, 9.17) is 16.3 Å². The predicted molar refractivity (Wildman–Crippen MR) is 76.4 cm³/mol. The van der Waals surface area contributed by atoms with Gasteiger partial charge in [-0.2, -0.15) is 0 Å². The Kier molecular flexibility index (Phi) is 4.43. The highest BCUT2D eigenvalue weighted by Crippen LogP contribution is 2.28. The van der Waals surface area contributed by atoms with Crippen LogP contribution in [0.15, 0.2) is 42.5 Å². The molecule has 0 spiro atoms. The minimum atomic E-state index is -0.380. The van der Waals surface area contributed by atoms with E-state index in [9.17, 15) is 4.39 Å². The molecule has 3 heteroatoms. The van der Waals surface area contributed by atoms with Crippen molar-refractivity contribution in [3.8, 4) is 5.75 Å². The minimum Gasteiger partial charge on any atom is -0.494 e. The Morgan fingerprint density at radius 2 is 1.84 bits per heavy atom. The SMILES string of the molecule is COc1ccc(C(Cl)Cc2ccc(C)cc2)cc1F. The molecule has 0 saturated carbocycles. The van der Waals surface area contributed by atoms with E-state index >= 15 is 0 Å². The maximum absolute atomic E-state index is 13.6. The van der Waals surface area contributed by atoms with Crippen molar-refractivity contribution in [3.05, 3.63) is 65.0 Å². The molecule has 0 aromatic heterocycles. The first-order chi connectivity index (χ1) is 9.10. The molecule has 19 heavy (non-hydrogen) atoms. The molecular formula is C16H16ClFO. The average Bonchev–Trinajstić information content (AvgIpc) is 2.41. The van der Waals surface area contributed by atoms with Crippen LogP contribution in [-0.4, -0.2) is 7.11 Å². The van der Waals surface area contributed by atoms with E-state index in [2.05, 4.69) is 0 Å². The summed E-state index contributed by atoms with van der Waals surface area (Å²) in [4.78, 5) is 0. The number of methoxy groups -OCH3 is 1. The first-order valence-electron chi connectivity index (χ1n) is 6.13. The molecule has 0 radical (unpaired) electrons. The Bertz CT molecular complexity index is 551. The summed E-state index contributed by atoms with van der Waals surface area (Å²) in [5, 5.41) is -0.247. The standard InChI is InChI=1S/C16H16ClFO/c1-11-3-5-12(6-4-11)9-14(17)13-7-8-16(19-2)15(18)10-13/h3-8,10,14H,9H2,1-2H3. The fourth-order valence-corrected chi connectivity index (χ4v) is 2.24. The lowest BCUT2D eigenvalue weighted by Crippen LogP contribution is -1.98. The summed E-state index contributed by atoms with van der Waals surface area (Å²) < 4.78 is 18.5. The van der Waals surface area contributed by atoms with Gasteiger partial charge in [0.25, 0.3) is 0 Å². The summed E-state index contributed by atoms with van der Waals surface area (Å²) in [7, 11) is 1.45. The van der Waals surface area contributed by atoms with E-state index in [0.717, 1.165) is 11.1 Å². The summed E-state index contributed by atoms with van der Waals surface area (Å²) in [6, 6.07) is 13.0. The zero-order valence-corrected chi connectivity index (χ0v) is 11.7. The molecule has 0 N–H and O–H groups in total. The molecule has 1 nitrogen and oxygen atoms in total. The maximum Gasteiger partial charge on any atom is 0.165 e. The zero-order valence-electron chi connectivity index (χ0n) is 11.0. The number of benzene rings is 2. The molecule has 2 aromatic carbocycles. The molecule has 2 rings (SSSR count). The third-order valence-corrected chi connectivity index (χ3v) is 3.48. The molecule has 0 aliphatic carbocycles. The second-order valence-electron chi connectivity index (χ2n) is 4.55. The highest BCUT2D eigenvalue weighted by Gasteiger charge is 2.12. The first kappa shape index (κ1) is 13.9. The molecule has 0 saturated heterocycles. The molecular weight excluding hydrogens is 263 g/mol. The number of aryl methyl sites for hydroxylation is 1. The Hall–Kier alpha value is -1.54. The van der Waals surface area contributed by atoms with Crippen LogP contribution in [0.5, 0.6) is 5.75 Å². The van der Waals surface area contributed by atoms with E-state index in [1.165, 1.54) is 18.7 Å². The van der Waals surface area contributed by atoms with Crippen LogP contribution < -0.4 is 4.74 Å². The number of hydrogen-bond donors (Lipinski definition) is 0. The number of halogens is 2. The highest BCUT2D eigenvalue weighted by molar-refractivity contribution is 6.20. The molecule has 0 amide bonds. The summed E-state index contributed by atoms with van der Waals surface area (Å²) in [6.07, 6.45) is 0.674. The predicted octanol–water partition coefficient (Wildman–Crippen LogP) is 4.67. The Morgan fingerprint density at radius 1 is 1.16 bits per heavy atom. The van der Waals surface area contributed by atoms with E-state index < -0.39 is 0 Å². The van der Waals surface area contributed by atoms with Gasteiger partial charge in [-0.1, -0.05) is 35.9 Å². The largest absolute Gasteiger partial charge is 0.494 e. The van der Waals surface area contributed by atoms with Gasteiger partial charge in [0, 0.05) is 0 Å². The molecule has 1 atom stereocenters. The van der Waals surface area contributed by atoms with E-state index in [0.29, 0.717) is 6.42 Å². The topological polar surface area (TPSA) is 9.23 Å². The van der Waals surface area contributed by atoms with Crippen molar-refractivity contribution in [2.24, 2.45) is 0 Å². The third kappa shape index (κ3) is 3.48. The molecule has 2 aromatic rings. The lowest BCUT2D eigenvalue weighted by Gasteiger charge is -2.11. The average molecular weight is 279 g/mol. The molecule has 1 unspecified atom stereocenters. The van der Waals surface area contributed by atoms with Crippen LogP contribution in [0.1, 0.15) is 22.1 Å². The van der Waals surface area contributed by atoms with E-state index in [1.54, 1.807) is 12.1 Å². The third-order valence-electron chi connectivity index (χ3n) is 3.07. The maximum atomic E-state index is 13.6. The summed E-state index contributed by atoms with van der Waals surface area (Å²) in [5.74, 6) is -0.141. The second-order valence-corrected chi connectivity index (χ2v) is 5.08. The van der Waals surface area contributed by atoms with Crippen LogP contribution in [0.4, 0.5) is 4.39 Å². The molecule has 0 aliphatic heterocycles. The van der Waals surface area contributed by atoms with Gasteiger partial charge in [-0.05, 0) is 36.6 Å². The van der Waals surface area contributed by atoms with Gasteiger partial charge in [-0.25, -0.2) is 4.39 Å². The van der Waals surface area contributed by atoms with E-state index in [-0.39, 0.29) is 16.9 Å². The van der Waals surface area contributed by atoms with Crippen LogP contribution in [0.3, 0.4) is 0 Å². The molecule has 100 valence electrons. The number of hydrogen-bond acceptors (Lipinski definition) is 1. The van der Waals surface area contributed by atoms with Gasteiger partial charge in [-0.3, -0.25) is 0 Å². The van der Waals surface area contributed by atoms with Crippen molar-refractivity contribution in [1.29, 1.82) is 0 Å². The lowest BCUT2D eigenvalue weighted by molar-refractivity contribution is 0.386. The second kappa shape index (κ2) is 6.07. The van der Waals surface area contributed by atoms with Gasteiger partial charge in [-0.15, -0.1) is 11.6 Å². The number of rotatable bonds is 4. The van der Waals surface area contributed by atoms with Gasteiger partial charge < -0.3 is 4.74 Å². The Labute approximate surface area is 118 Å². The normalized spacial score (nSPS) is 12.2.